The van der Waals surface area contributed by atoms with Gasteiger partial charge >= 0.3 is 6.03 Å². The van der Waals surface area contributed by atoms with Crippen LogP contribution in [0.3, 0.4) is 0 Å². The van der Waals surface area contributed by atoms with E-state index < -0.39 is 6.29 Å². The smallest absolute Gasteiger partial charge is 0.315 e. The molecule has 1 saturated heterocycles. The summed E-state index contributed by atoms with van der Waals surface area (Å²) in [6.45, 7) is 2.92. The van der Waals surface area contributed by atoms with Gasteiger partial charge in [-0.25, -0.2) is 4.79 Å². The molecule has 1 aromatic heterocycles. The molecule has 1 fully saturated rings. The van der Waals surface area contributed by atoms with Crippen molar-refractivity contribution in [3.8, 4) is 0 Å². The van der Waals surface area contributed by atoms with Crippen LogP contribution in [0.15, 0.2) is 108 Å². The number of urea groups is 1. The highest BCUT2D eigenvalue weighted by Crippen LogP contribution is 2.42. The van der Waals surface area contributed by atoms with Crippen LogP contribution >= 0.6 is 11.8 Å². The van der Waals surface area contributed by atoms with Crippen molar-refractivity contribution in [1.82, 2.24) is 10.6 Å². The van der Waals surface area contributed by atoms with Crippen LogP contribution in [-0.4, -0.2) is 23.0 Å². The molecule has 3 N–H and O–H groups in total. The van der Waals surface area contributed by atoms with Crippen LogP contribution in [0, 0.1) is 11.1 Å². The highest BCUT2D eigenvalue weighted by Gasteiger charge is 2.38. The van der Waals surface area contributed by atoms with Gasteiger partial charge in [0.15, 0.2) is 12.5 Å². The molecule has 2 amide bonds. The summed E-state index contributed by atoms with van der Waals surface area (Å²) in [5.41, 5.74) is 4.69. The minimum absolute atomic E-state index is 0.00964. The number of amides is 2. The van der Waals surface area contributed by atoms with Gasteiger partial charge in [-0.1, -0.05) is 97.5 Å². The van der Waals surface area contributed by atoms with E-state index in [4.69, 9.17) is 9.47 Å². The molecule has 0 saturated carbocycles. The van der Waals surface area contributed by atoms with Crippen LogP contribution in [0.1, 0.15) is 47.1 Å². The van der Waals surface area contributed by atoms with Crippen molar-refractivity contribution >= 4 is 17.8 Å². The maximum absolute atomic E-state index is 12.3. The first-order valence-corrected chi connectivity index (χ1v) is 14.9. The minimum atomic E-state index is -0.611. The van der Waals surface area contributed by atoms with Gasteiger partial charge in [0, 0.05) is 42.5 Å². The highest BCUT2D eigenvalue weighted by atomic mass is 32.2. The first-order valence-electron chi connectivity index (χ1n) is 14.0. The molecule has 9 heteroatoms. The number of carbonyl (C=O) groups is 1. The Morgan fingerprint density at radius 2 is 1.45 bits per heavy atom. The van der Waals surface area contributed by atoms with Crippen LogP contribution < -0.4 is 15.4 Å². The number of aliphatic hydroxyl groups excluding tert-OH is 1. The number of nitrogens with one attached hydrogen (secondary N) is 2. The Balaban J connectivity index is 1.25. The number of rotatable bonds is 10. The number of hydrogen-bond acceptors (Lipinski definition) is 6. The average Bonchev–Trinajstić information content (AvgIpc) is 3.04. The summed E-state index contributed by atoms with van der Waals surface area (Å²) in [7, 11) is 0. The van der Waals surface area contributed by atoms with Gasteiger partial charge in [-0.2, -0.15) is 4.73 Å². The van der Waals surface area contributed by atoms with E-state index in [1.807, 2.05) is 84.9 Å². The van der Waals surface area contributed by atoms with E-state index >= 15 is 0 Å². The molecule has 0 radical (unpaired) electrons. The second-order valence-corrected chi connectivity index (χ2v) is 11.3. The summed E-state index contributed by atoms with van der Waals surface area (Å²) in [5, 5.41) is 28.1. The third kappa shape index (κ3) is 7.68. The van der Waals surface area contributed by atoms with Crippen molar-refractivity contribution in [3.05, 3.63) is 136 Å². The van der Waals surface area contributed by atoms with E-state index in [0.717, 1.165) is 32.5 Å². The van der Waals surface area contributed by atoms with Crippen molar-refractivity contribution in [1.29, 1.82) is 0 Å². The SMILES string of the molecule is C[C@@H]1[C@H](CSc2cccc[n+]2[O-])O[C@H](c2ccc(CNC(=O)NCc3ccccc3)cc2)O[C@@H]1c1ccc(CO)cc1. The standard InChI is InChI=1S/C33H35N3O5S/c1-23-29(22-42-30-9-5-6-18-36(30)39)40-32(41-31(23)27-14-12-26(21-37)13-15-27)28-16-10-25(11-17-28)20-35-33(38)34-19-24-7-3-2-4-8-24/h2-18,23,29,31-32,37H,19-22H2,1H3,(H2,34,35,38)/t23-,29+,31+,32+/m1/s1. The van der Waals surface area contributed by atoms with Gasteiger partial charge in [-0.05, 0) is 28.3 Å². The zero-order valence-corrected chi connectivity index (χ0v) is 24.2. The fraction of sp³-hybridized carbons (Fsp3) is 0.273. The topological polar surface area (TPSA) is 107 Å². The number of aromatic nitrogens is 1. The van der Waals surface area contributed by atoms with Crippen LogP contribution in [0.5, 0.6) is 0 Å². The van der Waals surface area contributed by atoms with Gasteiger partial charge < -0.3 is 30.4 Å². The lowest BCUT2D eigenvalue weighted by Crippen LogP contribution is -2.39. The third-order valence-corrected chi connectivity index (χ3v) is 8.42. The van der Waals surface area contributed by atoms with Crippen LogP contribution in [0.25, 0.3) is 0 Å². The molecule has 4 atom stereocenters. The first kappa shape index (κ1) is 29.6. The average molecular weight is 586 g/mol. The molecule has 2 heterocycles. The van der Waals surface area contributed by atoms with Crippen molar-refractivity contribution < 1.29 is 24.1 Å². The Kier molecular flexibility index (Phi) is 10.1. The molecule has 5 rings (SSSR count). The summed E-state index contributed by atoms with van der Waals surface area (Å²) in [5.74, 6) is 0.592. The van der Waals surface area contributed by atoms with Crippen LogP contribution in [0.4, 0.5) is 4.79 Å². The van der Waals surface area contributed by atoms with Crippen molar-refractivity contribution in [2.75, 3.05) is 5.75 Å². The van der Waals surface area contributed by atoms with E-state index in [9.17, 15) is 15.1 Å². The fourth-order valence-electron chi connectivity index (χ4n) is 4.82. The normalized spacial score (nSPS) is 20.1. The number of benzene rings is 3. The molecule has 0 aliphatic carbocycles. The summed E-state index contributed by atoms with van der Waals surface area (Å²) >= 11 is 1.46. The number of aliphatic hydroxyl groups is 1. The number of pyridine rings is 1. The fourth-order valence-corrected chi connectivity index (χ4v) is 5.90. The van der Waals surface area contributed by atoms with E-state index in [1.165, 1.54) is 18.0 Å². The zero-order chi connectivity index (χ0) is 29.3. The van der Waals surface area contributed by atoms with Gasteiger partial charge in [0.25, 0.3) is 5.03 Å². The molecule has 0 unspecified atom stereocenters. The molecule has 218 valence electrons. The molecule has 42 heavy (non-hydrogen) atoms. The molecular weight excluding hydrogens is 550 g/mol. The molecule has 4 aromatic rings. The summed E-state index contributed by atoms with van der Waals surface area (Å²) < 4.78 is 13.9. The van der Waals surface area contributed by atoms with Crippen molar-refractivity contribution in [2.45, 2.75) is 50.1 Å². The second-order valence-electron chi connectivity index (χ2n) is 10.3. The number of ether oxygens (including phenoxy) is 2. The van der Waals surface area contributed by atoms with E-state index in [2.05, 4.69) is 17.6 Å². The van der Waals surface area contributed by atoms with Gasteiger partial charge in [0.2, 0.25) is 0 Å². The molecule has 8 nitrogen and oxygen atoms in total. The molecule has 3 aromatic carbocycles. The Hall–Kier alpha value is -3.89. The summed E-state index contributed by atoms with van der Waals surface area (Å²) in [6.07, 6.45) is 0.451. The number of carbonyl (C=O) groups excluding carboxylic acids is 1. The maximum Gasteiger partial charge on any atom is 0.315 e. The lowest BCUT2D eigenvalue weighted by atomic mass is 9.91. The monoisotopic (exact) mass is 585 g/mol. The first-order chi connectivity index (χ1) is 20.5. The van der Waals surface area contributed by atoms with Gasteiger partial charge in [0.1, 0.15) is 0 Å². The maximum atomic E-state index is 12.3. The summed E-state index contributed by atoms with van der Waals surface area (Å²) in [4.78, 5) is 12.3. The van der Waals surface area contributed by atoms with Crippen molar-refractivity contribution in [2.24, 2.45) is 5.92 Å². The molecule has 0 spiro atoms. The lowest BCUT2D eigenvalue weighted by Gasteiger charge is -2.41. The van der Waals surface area contributed by atoms with Crippen molar-refractivity contribution in [3.63, 3.8) is 0 Å². The van der Waals surface area contributed by atoms with Crippen LogP contribution in [0.2, 0.25) is 0 Å². The Bertz CT molecular complexity index is 1440. The number of nitrogens with zero attached hydrogens (tertiary/aromatic N) is 1. The molecular formula is C33H35N3O5S. The van der Waals surface area contributed by atoms with Gasteiger partial charge in [-0.15, -0.1) is 0 Å². The largest absolute Gasteiger partial charge is 0.618 e. The predicted molar refractivity (Wildman–Crippen MR) is 161 cm³/mol. The Morgan fingerprint density at radius 3 is 2.12 bits per heavy atom. The molecule has 1 aliphatic heterocycles. The van der Waals surface area contributed by atoms with E-state index in [1.54, 1.807) is 12.1 Å². The predicted octanol–water partition coefficient (Wildman–Crippen LogP) is 5.40. The van der Waals surface area contributed by atoms with Crippen LogP contribution in [-0.2, 0) is 29.2 Å². The Morgan fingerprint density at radius 1 is 0.833 bits per heavy atom. The van der Waals surface area contributed by atoms with E-state index in [-0.39, 0.29) is 30.8 Å². The van der Waals surface area contributed by atoms with E-state index in [0.29, 0.717) is 23.9 Å². The quantitative estimate of drug-likeness (QED) is 0.131. The summed E-state index contributed by atoms with van der Waals surface area (Å²) in [6, 6.07) is 30.5. The number of hydrogen-bond donors (Lipinski definition) is 3. The molecule has 0 bridgehead atoms. The number of thioether (sulfide) groups is 1. The Labute approximate surface area is 250 Å². The zero-order valence-electron chi connectivity index (χ0n) is 23.4. The van der Waals surface area contributed by atoms with Gasteiger partial charge in [0.05, 0.1) is 18.8 Å². The lowest BCUT2D eigenvalue weighted by molar-refractivity contribution is -0.645. The van der Waals surface area contributed by atoms with Gasteiger partial charge in [-0.3, -0.25) is 0 Å². The molecule has 1 aliphatic rings. The third-order valence-electron chi connectivity index (χ3n) is 7.31. The minimum Gasteiger partial charge on any atom is -0.618 e. The highest BCUT2D eigenvalue weighted by molar-refractivity contribution is 7.99. The second kappa shape index (κ2) is 14.3.